The van der Waals surface area contributed by atoms with Crippen LogP contribution in [0.3, 0.4) is 0 Å². The monoisotopic (exact) mass is 207 g/mol. The summed E-state index contributed by atoms with van der Waals surface area (Å²) >= 11 is 1.75. The topological polar surface area (TPSA) is 12.0 Å². The highest BCUT2D eigenvalue weighted by Crippen LogP contribution is 2.18. The molecule has 0 spiro atoms. The van der Waals surface area contributed by atoms with Gasteiger partial charge in [0, 0.05) is 12.5 Å². The van der Waals surface area contributed by atoms with E-state index in [1.807, 2.05) is 6.92 Å². The molecule has 1 atom stereocenters. The molecular weight excluding hydrogens is 190 g/mol. The van der Waals surface area contributed by atoms with Gasteiger partial charge in [-0.15, -0.1) is 11.8 Å². The third kappa shape index (κ3) is 3.53. The largest absolute Gasteiger partial charge is 0.309 e. The van der Waals surface area contributed by atoms with Gasteiger partial charge in [0.2, 0.25) is 0 Å². The lowest BCUT2D eigenvalue weighted by Gasteiger charge is -2.14. The maximum absolute atomic E-state index is 3.51. The van der Waals surface area contributed by atoms with Crippen LogP contribution in [0.25, 0.3) is 0 Å². The van der Waals surface area contributed by atoms with E-state index >= 15 is 0 Å². The van der Waals surface area contributed by atoms with Crippen LogP contribution in [0, 0.1) is 11.8 Å². The van der Waals surface area contributed by atoms with Crippen LogP contribution >= 0.6 is 11.3 Å². The first-order chi connectivity index (χ1) is 6.88. The van der Waals surface area contributed by atoms with Gasteiger partial charge in [0.05, 0.1) is 0 Å². The molecule has 0 saturated heterocycles. The summed E-state index contributed by atoms with van der Waals surface area (Å²) in [7, 11) is 0. The molecule has 0 aliphatic carbocycles. The molecule has 2 heteroatoms. The third-order valence-corrected chi connectivity index (χ3v) is 2.77. The van der Waals surface area contributed by atoms with E-state index in [0.717, 1.165) is 13.0 Å². The summed E-state index contributed by atoms with van der Waals surface area (Å²) in [5.41, 5.74) is 1.37. The van der Waals surface area contributed by atoms with E-state index < -0.39 is 0 Å². The average Bonchev–Trinajstić information content (AvgIpc) is 2.71. The van der Waals surface area contributed by atoms with E-state index in [2.05, 4.69) is 40.9 Å². The Hall–Kier alpha value is -0.780. The molecule has 0 amide bonds. The Balaban J connectivity index is 2.55. The van der Waals surface area contributed by atoms with Crippen molar-refractivity contribution in [3.8, 4) is 11.8 Å². The molecule has 14 heavy (non-hydrogen) atoms. The van der Waals surface area contributed by atoms with Crippen LogP contribution in [-0.4, -0.2) is 6.54 Å². The number of thiophene rings is 1. The molecule has 0 aliphatic heterocycles. The summed E-state index contributed by atoms with van der Waals surface area (Å²) in [6.07, 6.45) is 2.08. The molecule has 1 N–H and O–H groups in total. The first-order valence-electron chi connectivity index (χ1n) is 5.03. The Bertz CT molecular complexity index is 292. The molecule has 0 aromatic carbocycles. The van der Waals surface area contributed by atoms with Crippen molar-refractivity contribution in [3.05, 3.63) is 22.4 Å². The molecule has 1 nitrogen and oxygen atoms in total. The van der Waals surface area contributed by atoms with E-state index in [9.17, 15) is 0 Å². The van der Waals surface area contributed by atoms with Crippen LogP contribution in [0.15, 0.2) is 16.8 Å². The molecule has 1 unspecified atom stereocenters. The van der Waals surface area contributed by atoms with Crippen LogP contribution in [0.1, 0.15) is 38.3 Å². The number of nitrogens with one attached hydrogen (secondary N) is 1. The molecule has 0 radical (unpaired) electrons. The van der Waals surface area contributed by atoms with Crippen molar-refractivity contribution in [2.24, 2.45) is 0 Å². The molecule has 1 aromatic heterocycles. The maximum Gasteiger partial charge on any atom is 0.0439 e. The number of hydrogen-bond donors (Lipinski definition) is 1. The van der Waals surface area contributed by atoms with E-state index in [-0.39, 0.29) is 0 Å². The van der Waals surface area contributed by atoms with Crippen LogP contribution < -0.4 is 5.32 Å². The zero-order valence-electron chi connectivity index (χ0n) is 8.84. The molecular formula is C12H17NS. The Morgan fingerprint density at radius 3 is 3.00 bits per heavy atom. The Morgan fingerprint density at radius 2 is 2.43 bits per heavy atom. The lowest BCUT2D eigenvalue weighted by Crippen LogP contribution is -2.21. The normalized spacial score (nSPS) is 11.9. The standard InChI is InChI=1S/C12H17NS/c1-3-5-6-12(13-8-4-2)11-7-9-14-10-11/h7,9-10,12-13H,4,6,8H2,1-2H3. The summed E-state index contributed by atoms with van der Waals surface area (Å²) in [6, 6.07) is 2.59. The molecule has 0 bridgehead atoms. The van der Waals surface area contributed by atoms with Crippen molar-refractivity contribution < 1.29 is 0 Å². The molecule has 0 aliphatic rings. The summed E-state index contributed by atoms with van der Waals surface area (Å²) in [5, 5.41) is 7.83. The zero-order chi connectivity index (χ0) is 10.2. The Morgan fingerprint density at radius 1 is 1.57 bits per heavy atom. The lowest BCUT2D eigenvalue weighted by atomic mass is 10.1. The fraction of sp³-hybridized carbons (Fsp3) is 0.500. The van der Waals surface area contributed by atoms with E-state index in [1.54, 1.807) is 11.3 Å². The van der Waals surface area contributed by atoms with Crippen molar-refractivity contribution >= 4 is 11.3 Å². The molecule has 1 heterocycles. The van der Waals surface area contributed by atoms with Gasteiger partial charge in [-0.1, -0.05) is 6.92 Å². The molecule has 1 rings (SSSR count). The number of rotatable bonds is 5. The van der Waals surface area contributed by atoms with Crippen LogP contribution in [0.5, 0.6) is 0 Å². The smallest absolute Gasteiger partial charge is 0.0439 e. The van der Waals surface area contributed by atoms with E-state index in [0.29, 0.717) is 6.04 Å². The van der Waals surface area contributed by atoms with Crippen LogP contribution in [0.2, 0.25) is 0 Å². The minimum absolute atomic E-state index is 0.411. The van der Waals surface area contributed by atoms with Gasteiger partial charge in [0.25, 0.3) is 0 Å². The zero-order valence-corrected chi connectivity index (χ0v) is 9.66. The second kappa shape index (κ2) is 6.64. The SMILES string of the molecule is CC#CCC(NCCC)c1ccsc1. The highest BCUT2D eigenvalue weighted by atomic mass is 32.1. The summed E-state index contributed by atoms with van der Waals surface area (Å²) in [6.45, 7) is 5.14. The second-order valence-corrected chi connectivity index (χ2v) is 3.97. The van der Waals surface area contributed by atoms with Crippen LogP contribution in [-0.2, 0) is 0 Å². The molecule has 76 valence electrons. The lowest BCUT2D eigenvalue weighted by molar-refractivity contribution is 0.544. The molecule has 0 saturated carbocycles. The minimum Gasteiger partial charge on any atom is -0.309 e. The van der Waals surface area contributed by atoms with Crippen molar-refractivity contribution in [2.45, 2.75) is 32.7 Å². The van der Waals surface area contributed by atoms with Gasteiger partial charge in [-0.2, -0.15) is 11.3 Å². The van der Waals surface area contributed by atoms with E-state index in [1.165, 1.54) is 12.0 Å². The molecule has 1 aromatic rings. The first-order valence-corrected chi connectivity index (χ1v) is 5.97. The fourth-order valence-electron chi connectivity index (χ4n) is 1.30. The maximum atomic E-state index is 3.51. The van der Waals surface area contributed by atoms with Gasteiger partial charge in [-0.05, 0) is 42.3 Å². The van der Waals surface area contributed by atoms with Gasteiger partial charge in [0.15, 0.2) is 0 Å². The van der Waals surface area contributed by atoms with Gasteiger partial charge in [-0.3, -0.25) is 0 Å². The van der Waals surface area contributed by atoms with Crippen molar-refractivity contribution in [1.82, 2.24) is 5.32 Å². The second-order valence-electron chi connectivity index (χ2n) is 3.19. The minimum atomic E-state index is 0.411. The van der Waals surface area contributed by atoms with Crippen molar-refractivity contribution in [1.29, 1.82) is 0 Å². The quantitative estimate of drug-likeness (QED) is 0.731. The third-order valence-electron chi connectivity index (χ3n) is 2.07. The van der Waals surface area contributed by atoms with E-state index in [4.69, 9.17) is 0 Å². The first kappa shape index (κ1) is 11.3. The van der Waals surface area contributed by atoms with Gasteiger partial charge in [-0.25, -0.2) is 0 Å². The number of hydrogen-bond acceptors (Lipinski definition) is 2. The summed E-state index contributed by atoms with van der Waals surface area (Å²) in [5.74, 6) is 6.09. The average molecular weight is 207 g/mol. The van der Waals surface area contributed by atoms with Crippen molar-refractivity contribution in [3.63, 3.8) is 0 Å². The van der Waals surface area contributed by atoms with Crippen LogP contribution in [0.4, 0.5) is 0 Å². The van der Waals surface area contributed by atoms with Gasteiger partial charge >= 0.3 is 0 Å². The van der Waals surface area contributed by atoms with Crippen molar-refractivity contribution in [2.75, 3.05) is 6.54 Å². The predicted molar refractivity (Wildman–Crippen MR) is 63.4 cm³/mol. The Kier molecular flexibility index (Phi) is 5.36. The van der Waals surface area contributed by atoms with Gasteiger partial charge < -0.3 is 5.32 Å². The Labute approximate surface area is 90.5 Å². The summed E-state index contributed by atoms with van der Waals surface area (Å²) < 4.78 is 0. The highest BCUT2D eigenvalue weighted by Gasteiger charge is 2.08. The fourth-order valence-corrected chi connectivity index (χ4v) is 2.02. The summed E-state index contributed by atoms with van der Waals surface area (Å²) in [4.78, 5) is 0. The predicted octanol–water partition coefficient (Wildman–Crippen LogP) is 3.20. The van der Waals surface area contributed by atoms with Gasteiger partial charge in [0.1, 0.15) is 0 Å². The highest BCUT2D eigenvalue weighted by molar-refractivity contribution is 7.07. The molecule has 0 fully saturated rings.